The number of hydrogen-bond donors (Lipinski definition) is 1. The number of aliphatic hydroxyl groups is 1. The first kappa shape index (κ1) is 16.0. The molecule has 1 N–H and O–H groups in total. The van der Waals surface area contributed by atoms with E-state index >= 15 is 0 Å². The number of fused-ring (bicyclic) bond motifs is 3. The van der Waals surface area contributed by atoms with E-state index in [0.29, 0.717) is 16.6 Å². The lowest BCUT2D eigenvalue weighted by Crippen LogP contribution is -2.49. The molecule has 0 atom stereocenters. The van der Waals surface area contributed by atoms with Gasteiger partial charge in [-0.05, 0) is 45.3 Å². The van der Waals surface area contributed by atoms with Gasteiger partial charge in [0.2, 0.25) is 0 Å². The zero-order valence-electron chi connectivity index (χ0n) is 13.8. The van der Waals surface area contributed by atoms with Crippen molar-refractivity contribution in [1.29, 1.82) is 0 Å². The lowest BCUT2D eigenvalue weighted by Gasteiger charge is -2.37. The van der Waals surface area contributed by atoms with Gasteiger partial charge in [0.1, 0.15) is 17.0 Å². The van der Waals surface area contributed by atoms with Crippen LogP contribution in [-0.2, 0) is 4.65 Å². The van der Waals surface area contributed by atoms with Crippen LogP contribution in [0.25, 0.3) is 21.9 Å². The van der Waals surface area contributed by atoms with Crippen LogP contribution < -0.4 is 5.46 Å². The van der Waals surface area contributed by atoms with Crippen LogP contribution in [0.2, 0.25) is 0 Å². The van der Waals surface area contributed by atoms with Crippen LogP contribution in [0.3, 0.4) is 0 Å². The third kappa shape index (κ3) is 2.75. The Bertz CT molecular complexity index is 862. The van der Waals surface area contributed by atoms with E-state index in [-0.39, 0.29) is 13.3 Å². The molecule has 5 heteroatoms. The first-order valence-electron chi connectivity index (χ1n) is 7.66. The lowest BCUT2D eigenvalue weighted by molar-refractivity contribution is -0.0893. The van der Waals surface area contributed by atoms with E-state index < -0.39 is 11.2 Å². The molecule has 0 saturated carbocycles. The van der Waals surface area contributed by atoms with Crippen molar-refractivity contribution in [3.8, 4) is 0 Å². The second kappa shape index (κ2) is 5.36. The van der Waals surface area contributed by atoms with E-state index in [0.717, 1.165) is 10.8 Å². The van der Waals surface area contributed by atoms with E-state index in [1.54, 1.807) is 19.9 Å². The van der Waals surface area contributed by atoms with Crippen molar-refractivity contribution in [3.05, 3.63) is 42.2 Å². The molecule has 0 bridgehead atoms. The molecule has 2 aromatic carbocycles. The Hall–Kier alpha value is -1.85. The van der Waals surface area contributed by atoms with Crippen LogP contribution in [0.15, 0.2) is 40.8 Å². The highest BCUT2D eigenvalue weighted by Gasteiger charge is 2.36. The molecule has 0 aliphatic rings. The van der Waals surface area contributed by atoms with Gasteiger partial charge in [-0.2, -0.15) is 0 Å². The maximum absolute atomic E-state index is 14.3. The molecule has 0 fully saturated rings. The summed E-state index contributed by atoms with van der Waals surface area (Å²) < 4.78 is 26.0. The monoisotopic (exact) mass is 314 g/mol. The predicted octanol–water partition coefficient (Wildman–Crippen LogP) is 3.27. The molecule has 3 rings (SSSR count). The predicted molar refractivity (Wildman–Crippen MR) is 91.9 cm³/mol. The molecule has 0 spiro atoms. The molecule has 1 aromatic heterocycles. The molecule has 0 aliphatic heterocycles. The van der Waals surface area contributed by atoms with Crippen molar-refractivity contribution in [2.75, 3.05) is 0 Å². The normalized spacial score (nSPS) is 13.0. The molecule has 23 heavy (non-hydrogen) atoms. The molecule has 3 nitrogen and oxygen atoms in total. The Morgan fingerprint density at radius 3 is 2.48 bits per heavy atom. The molecule has 120 valence electrons. The van der Waals surface area contributed by atoms with Crippen molar-refractivity contribution in [3.63, 3.8) is 0 Å². The van der Waals surface area contributed by atoms with Gasteiger partial charge in [0, 0.05) is 5.39 Å². The van der Waals surface area contributed by atoms with Gasteiger partial charge in [0.15, 0.2) is 0 Å². The molecular weight excluding hydrogens is 294 g/mol. The SMILES string of the molecule is CC(C)(O)C(C)(C)OBc1ccc(F)c2c1oc1ccccc12. The minimum Gasteiger partial charge on any atom is -0.456 e. The average molecular weight is 314 g/mol. The van der Waals surface area contributed by atoms with Crippen LogP contribution in [0.5, 0.6) is 0 Å². The number of hydrogen-bond acceptors (Lipinski definition) is 3. The fraction of sp³-hybridized carbons (Fsp3) is 0.333. The van der Waals surface area contributed by atoms with E-state index in [1.807, 2.05) is 38.1 Å². The Morgan fingerprint density at radius 2 is 1.78 bits per heavy atom. The maximum atomic E-state index is 14.3. The molecule has 3 aromatic rings. The molecule has 0 unspecified atom stereocenters. The summed E-state index contributed by atoms with van der Waals surface area (Å²) in [6.07, 6.45) is 0. The molecule has 1 heterocycles. The Morgan fingerprint density at radius 1 is 1.09 bits per heavy atom. The minimum atomic E-state index is -1.000. The third-order valence-corrected chi connectivity index (χ3v) is 4.62. The van der Waals surface area contributed by atoms with Crippen molar-refractivity contribution in [1.82, 2.24) is 0 Å². The van der Waals surface area contributed by atoms with Crippen molar-refractivity contribution in [2.45, 2.75) is 38.9 Å². The average Bonchev–Trinajstić information content (AvgIpc) is 2.85. The van der Waals surface area contributed by atoms with Crippen LogP contribution >= 0.6 is 0 Å². The van der Waals surface area contributed by atoms with E-state index in [1.165, 1.54) is 6.07 Å². The first-order chi connectivity index (χ1) is 10.7. The third-order valence-electron chi connectivity index (χ3n) is 4.62. The highest BCUT2D eigenvalue weighted by atomic mass is 19.1. The largest absolute Gasteiger partial charge is 0.456 e. The summed E-state index contributed by atoms with van der Waals surface area (Å²) in [7, 11) is 0.230. The Balaban J connectivity index is 2.04. The summed E-state index contributed by atoms with van der Waals surface area (Å²) in [5, 5.41) is 11.4. The number of rotatable bonds is 4. The van der Waals surface area contributed by atoms with Gasteiger partial charge in [-0.3, -0.25) is 0 Å². The summed E-state index contributed by atoms with van der Waals surface area (Å²) in [5.74, 6) is -0.310. The van der Waals surface area contributed by atoms with E-state index in [4.69, 9.17) is 9.07 Å². The van der Waals surface area contributed by atoms with Gasteiger partial charge in [0.25, 0.3) is 0 Å². The van der Waals surface area contributed by atoms with Crippen molar-refractivity contribution < 1.29 is 18.6 Å². The summed E-state index contributed by atoms with van der Waals surface area (Å²) in [6.45, 7) is 7.06. The number of benzene rings is 2. The van der Waals surface area contributed by atoms with Crippen LogP contribution in [0.4, 0.5) is 4.39 Å². The molecular formula is C18H20BFO3. The van der Waals surface area contributed by atoms with Crippen molar-refractivity contribution >= 4 is 34.9 Å². The van der Waals surface area contributed by atoms with E-state index in [2.05, 4.69) is 0 Å². The van der Waals surface area contributed by atoms with E-state index in [9.17, 15) is 9.50 Å². The summed E-state index contributed by atoms with van der Waals surface area (Å²) in [4.78, 5) is 0. The van der Waals surface area contributed by atoms with Gasteiger partial charge in [-0.1, -0.05) is 24.3 Å². The van der Waals surface area contributed by atoms with Crippen LogP contribution in [-0.4, -0.2) is 23.8 Å². The Labute approximate surface area is 135 Å². The quantitative estimate of drug-likeness (QED) is 0.752. The lowest BCUT2D eigenvalue weighted by atomic mass is 9.82. The smallest absolute Gasteiger partial charge is 0.313 e. The highest BCUT2D eigenvalue weighted by Crippen LogP contribution is 2.30. The summed E-state index contributed by atoms with van der Waals surface area (Å²) >= 11 is 0. The standard InChI is InChI=1S/C18H20BFO3/c1-17(2,21)18(3,4)23-19-12-9-10-13(20)15-11-7-5-6-8-14(11)22-16(12)15/h5-10,19,21H,1-4H3. The minimum absolute atomic E-state index is 0.230. The van der Waals surface area contributed by atoms with Crippen molar-refractivity contribution in [2.24, 2.45) is 0 Å². The summed E-state index contributed by atoms with van der Waals surface area (Å²) in [6, 6.07) is 10.5. The van der Waals surface area contributed by atoms with Crippen LogP contribution in [0.1, 0.15) is 27.7 Å². The zero-order chi connectivity index (χ0) is 16.8. The second-order valence-corrected chi connectivity index (χ2v) is 6.87. The fourth-order valence-electron chi connectivity index (χ4n) is 2.39. The second-order valence-electron chi connectivity index (χ2n) is 6.87. The first-order valence-corrected chi connectivity index (χ1v) is 7.66. The number of halogens is 1. The fourth-order valence-corrected chi connectivity index (χ4v) is 2.39. The molecule has 0 saturated heterocycles. The highest BCUT2D eigenvalue weighted by molar-refractivity contribution is 6.51. The topological polar surface area (TPSA) is 42.6 Å². The number of para-hydroxylation sites is 1. The van der Waals surface area contributed by atoms with Gasteiger partial charge >= 0.3 is 7.48 Å². The van der Waals surface area contributed by atoms with Gasteiger partial charge in [0.05, 0.1) is 16.6 Å². The molecule has 0 aliphatic carbocycles. The summed E-state index contributed by atoms with van der Waals surface area (Å²) in [5.41, 5.74) is 0.156. The zero-order valence-corrected chi connectivity index (χ0v) is 13.8. The van der Waals surface area contributed by atoms with Crippen LogP contribution in [0, 0.1) is 5.82 Å². The Kier molecular flexibility index (Phi) is 3.73. The van der Waals surface area contributed by atoms with Gasteiger partial charge in [-0.15, -0.1) is 0 Å². The molecule has 0 radical (unpaired) electrons. The van der Waals surface area contributed by atoms with Gasteiger partial charge < -0.3 is 14.2 Å². The number of furan rings is 1. The van der Waals surface area contributed by atoms with Gasteiger partial charge in [-0.25, -0.2) is 4.39 Å². The maximum Gasteiger partial charge on any atom is 0.313 e. The molecule has 0 amide bonds.